The van der Waals surface area contributed by atoms with E-state index in [4.69, 9.17) is 5.11 Å². The highest BCUT2D eigenvalue weighted by molar-refractivity contribution is 5.73. The van der Waals surface area contributed by atoms with E-state index in [2.05, 4.69) is 18.8 Å². The van der Waals surface area contributed by atoms with E-state index in [1.807, 2.05) is 0 Å². The Bertz CT molecular complexity index is 225. The van der Waals surface area contributed by atoms with Crippen LogP contribution in [-0.4, -0.2) is 23.2 Å². The minimum Gasteiger partial charge on any atom is -0.480 e. The number of piperidine rings is 1. The van der Waals surface area contributed by atoms with E-state index in [9.17, 15) is 4.79 Å². The van der Waals surface area contributed by atoms with Crippen LogP contribution in [0.15, 0.2) is 12.2 Å². The maximum absolute atomic E-state index is 10.8. The maximum Gasteiger partial charge on any atom is 0.320 e. The van der Waals surface area contributed by atoms with Crippen molar-refractivity contribution in [2.45, 2.75) is 51.1 Å². The minimum atomic E-state index is -0.725. The van der Waals surface area contributed by atoms with Crippen LogP contribution in [0.5, 0.6) is 0 Å². The molecule has 0 saturated carbocycles. The van der Waals surface area contributed by atoms with E-state index in [-0.39, 0.29) is 6.04 Å². The Morgan fingerprint density at radius 2 is 2.29 bits per heavy atom. The van der Waals surface area contributed by atoms with Gasteiger partial charge in [-0.2, -0.15) is 0 Å². The topological polar surface area (TPSA) is 49.3 Å². The molecule has 0 aromatic heterocycles. The van der Waals surface area contributed by atoms with Gasteiger partial charge < -0.3 is 10.4 Å². The highest BCUT2D eigenvalue weighted by Gasteiger charge is 2.25. The van der Waals surface area contributed by atoms with E-state index in [0.29, 0.717) is 6.04 Å². The molecule has 1 rings (SSSR count). The maximum atomic E-state index is 10.8. The summed E-state index contributed by atoms with van der Waals surface area (Å²) in [5.41, 5.74) is 1.20. The first kappa shape index (κ1) is 11.2. The fraction of sp³-hybridized carbons (Fsp3) is 0.727. The van der Waals surface area contributed by atoms with Crippen LogP contribution in [0.2, 0.25) is 0 Å². The van der Waals surface area contributed by atoms with Crippen molar-refractivity contribution in [3.8, 4) is 0 Å². The first-order chi connectivity index (χ1) is 6.63. The van der Waals surface area contributed by atoms with Gasteiger partial charge in [0, 0.05) is 6.04 Å². The van der Waals surface area contributed by atoms with Gasteiger partial charge in [0.15, 0.2) is 0 Å². The van der Waals surface area contributed by atoms with Crippen LogP contribution < -0.4 is 5.32 Å². The molecule has 0 bridgehead atoms. The third kappa shape index (κ3) is 3.14. The van der Waals surface area contributed by atoms with Crippen LogP contribution >= 0.6 is 0 Å². The smallest absolute Gasteiger partial charge is 0.320 e. The van der Waals surface area contributed by atoms with Gasteiger partial charge in [0.25, 0.3) is 0 Å². The van der Waals surface area contributed by atoms with Crippen molar-refractivity contribution in [1.29, 1.82) is 0 Å². The predicted octanol–water partition coefficient (Wildman–Crippen LogP) is 1.94. The summed E-state index contributed by atoms with van der Waals surface area (Å²) in [5, 5.41) is 12.0. The lowest BCUT2D eigenvalue weighted by atomic mass is 9.93. The summed E-state index contributed by atoms with van der Waals surface area (Å²) in [6.07, 6.45) is 4.73. The summed E-state index contributed by atoms with van der Waals surface area (Å²) in [6, 6.07) is -0.0318. The fourth-order valence-corrected chi connectivity index (χ4v) is 1.87. The molecule has 1 heterocycles. The van der Waals surface area contributed by atoms with Gasteiger partial charge in [-0.15, -0.1) is 0 Å². The van der Waals surface area contributed by atoms with Gasteiger partial charge in [0.1, 0.15) is 6.04 Å². The van der Waals surface area contributed by atoms with Crippen molar-refractivity contribution in [3.05, 3.63) is 12.2 Å². The van der Waals surface area contributed by atoms with E-state index >= 15 is 0 Å². The molecule has 0 aromatic rings. The Hall–Kier alpha value is -0.830. The van der Waals surface area contributed by atoms with Gasteiger partial charge in [-0.1, -0.05) is 19.1 Å². The van der Waals surface area contributed by atoms with E-state index in [1.165, 1.54) is 5.57 Å². The molecule has 80 valence electrons. The van der Waals surface area contributed by atoms with Crippen molar-refractivity contribution < 1.29 is 9.90 Å². The molecule has 0 radical (unpaired) electrons. The second-order valence-corrected chi connectivity index (χ2v) is 3.99. The van der Waals surface area contributed by atoms with Crippen LogP contribution in [0.3, 0.4) is 0 Å². The van der Waals surface area contributed by atoms with Gasteiger partial charge in [0.2, 0.25) is 0 Å². The first-order valence-corrected chi connectivity index (χ1v) is 5.29. The Morgan fingerprint density at radius 1 is 1.57 bits per heavy atom. The Morgan fingerprint density at radius 3 is 2.86 bits per heavy atom. The number of carboxylic acid groups (broad SMARTS) is 1. The molecule has 0 spiro atoms. The molecule has 14 heavy (non-hydrogen) atoms. The van der Waals surface area contributed by atoms with E-state index in [0.717, 1.165) is 32.1 Å². The molecule has 3 heteroatoms. The molecule has 3 nitrogen and oxygen atoms in total. The summed E-state index contributed by atoms with van der Waals surface area (Å²) in [5.74, 6) is -0.725. The Labute approximate surface area is 85.2 Å². The monoisotopic (exact) mass is 197 g/mol. The quantitative estimate of drug-likeness (QED) is 0.677. The van der Waals surface area contributed by atoms with Crippen molar-refractivity contribution in [2.75, 3.05) is 0 Å². The molecule has 1 fully saturated rings. The summed E-state index contributed by atoms with van der Waals surface area (Å²) in [4.78, 5) is 10.8. The zero-order valence-electron chi connectivity index (χ0n) is 8.75. The van der Waals surface area contributed by atoms with Gasteiger partial charge in [-0.05, 0) is 32.1 Å². The molecule has 2 atom stereocenters. The second-order valence-electron chi connectivity index (χ2n) is 3.99. The molecule has 1 aliphatic rings. The highest BCUT2D eigenvalue weighted by Crippen LogP contribution is 2.18. The third-order valence-electron chi connectivity index (χ3n) is 2.82. The highest BCUT2D eigenvalue weighted by atomic mass is 16.4. The van der Waals surface area contributed by atoms with Gasteiger partial charge in [0.05, 0.1) is 0 Å². The van der Waals surface area contributed by atoms with Gasteiger partial charge >= 0.3 is 5.97 Å². The standard InChI is InChI=1S/C11H19NO2/c1-3-8(2)7-9-5-4-6-10(12-9)11(13)14/h9-10,12H,2-7H2,1H3,(H,13,14). The molecule has 0 amide bonds. The molecular formula is C11H19NO2. The SMILES string of the molecule is C=C(CC)CC1CCCC(C(=O)O)N1. The van der Waals surface area contributed by atoms with Crippen molar-refractivity contribution in [2.24, 2.45) is 0 Å². The largest absolute Gasteiger partial charge is 0.480 e. The summed E-state index contributed by atoms with van der Waals surface area (Å²) >= 11 is 0. The lowest BCUT2D eigenvalue weighted by Gasteiger charge is -2.28. The first-order valence-electron chi connectivity index (χ1n) is 5.29. The molecule has 2 unspecified atom stereocenters. The average Bonchev–Trinajstić information content (AvgIpc) is 2.18. The lowest BCUT2D eigenvalue weighted by Crippen LogP contribution is -2.46. The number of carboxylic acids is 1. The number of carbonyl (C=O) groups is 1. The van der Waals surface area contributed by atoms with Crippen molar-refractivity contribution in [3.63, 3.8) is 0 Å². The summed E-state index contributed by atoms with van der Waals surface area (Å²) < 4.78 is 0. The molecular weight excluding hydrogens is 178 g/mol. The number of rotatable bonds is 4. The summed E-state index contributed by atoms with van der Waals surface area (Å²) in [7, 11) is 0. The van der Waals surface area contributed by atoms with Crippen LogP contribution in [0, 0.1) is 0 Å². The number of aliphatic carboxylic acids is 1. The molecule has 0 aromatic carbocycles. The Balaban J connectivity index is 2.40. The van der Waals surface area contributed by atoms with Crippen LogP contribution in [-0.2, 0) is 4.79 Å². The molecule has 1 aliphatic heterocycles. The average molecular weight is 197 g/mol. The van der Waals surface area contributed by atoms with E-state index in [1.54, 1.807) is 0 Å². The lowest BCUT2D eigenvalue weighted by molar-refractivity contribution is -0.140. The van der Waals surface area contributed by atoms with E-state index < -0.39 is 5.97 Å². The van der Waals surface area contributed by atoms with Crippen molar-refractivity contribution >= 4 is 5.97 Å². The zero-order valence-corrected chi connectivity index (χ0v) is 8.75. The summed E-state index contributed by atoms with van der Waals surface area (Å²) in [6.45, 7) is 6.03. The fourth-order valence-electron chi connectivity index (χ4n) is 1.87. The third-order valence-corrected chi connectivity index (χ3v) is 2.82. The number of nitrogens with one attached hydrogen (secondary N) is 1. The molecule has 0 aliphatic carbocycles. The van der Waals surface area contributed by atoms with Gasteiger partial charge in [-0.25, -0.2) is 0 Å². The number of hydrogen-bond donors (Lipinski definition) is 2. The minimum absolute atomic E-state index is 0.317. The normalized spacial score (nSPS) is 27.2. The van der Waals surface area contributed by atoms with Crippen LogP contribution in [0.4, 0.5) is 0 Å². The number of hydrogen-bond acceptors (Lipinski definition) is 2. The van der Waals surface area contributed by atoms with Crippen LogP contribution in [0.25, 0.3) is 0 Å². The second kappa shape index (κ2) is 5.15. The van der Waals surface area contributed by atoms with Gasteiger partial charge in [-0.3, -0.25) is 4.79 Å². The van der Waals surface area contributed by atoms with Crippen LogP contribution in [0.1, 0.15) is 39.0 Å². The van der Waals surface area contributed by atoms with Crippen molar-refractivity contribution in [1.82, 2.24) is 5.32 Å². The molecule has 2 N–H and O–H groups in total. The zero-order chi connectivity index (χ0) is 10.6. The molecule has 1 saturated heterocycles. The Kier molecular flexibility index (Phi) is 4.14. The predicted molar refractivity (Wildman–Crippen MR) is 56.2 cm³/mol.